The van der Waals surface area contributed by atoms with E-state index in [9.17, 15) is 4.79 Å². The third-order valence-electron chi connectivity index (χ3n) is 3.77. The number of hydrogen-bond donors (Lipinski definition) is 2. The zero-order valence-electron chi connectivity index (χ0n) is 13.4. The van der Waals surface area contributed by atoms with E-state index in [2.05, 4.69) is 12.2 Å². The molecule has 1 aromatic rings. The predicted octanol–water partition coefficient (Wildman–Crippen LogP) is 4.02. The molecule has 0 bridgehead atoms. The molecule has 0 unspecified atom stereocenters. The number of carbonyl (C=O) groups excluding carboxylic acids is 1. The van der Waals surface area contributed by atoms with Gasteiger partial charge in [0.05, 0.1) is 0 Å². The van der Waals surface area contributed by atoms with Crippen LogP contribution < -0.4 is 11.1 Å². The van der Waals surface area contributed by atoms with Crippen LogP contribution in [0.5, 0.6) is 0 Å². The van der Waals surface area contributed by atoms with Crippen molar-refractivity contribution >= 4 is 5.91 Å². The van der Waals surface area contributed by atoms with E-state index in [1.807, 2.05) is 12.1 Å². The number of nitrogens with one attached hydrogen (secondary N) is 1. The van der Waals surface area contributed by atoms with Crippen LogP contribution in [0.4, 0.5) is 0 Å². The summed E-state index contributed by atoms with van der Waals surface area (Å²) in [6, 6.07) is 7.49. The quantitative estimate of drug-likeness (QED) is 0.571. The highest BCUT2D eigenvalue weighted by Crippen LogP contribution is 2.08. The molecule has 0 aromatic heterocycles. The summed E-state index contributed by atoms with van der Waals surface area (Å²) in [6.45, 7) is 4.18. The molecule has 1 rings (SSSR count). The highest BCUT2D eigenvalue weighted by molar-refractivity contribution is 5.92. The van der Waals surface area contributed by atoms with Crippen molar-refractivity contribution in [2.75, 3.05) is 6.54 Å². The smallest absolute Gasteiger partial charge is 0.248 e. The summed E-state index contributed by atoms with van der Waals surface area (Å²) in [6.07, 6.45) is 10.8. The second-order valence-electron chi connectivity index (χ2n) is 5.71. The molecule has 0 saturated carbocycles. The highest BCUT2D eigenvalue weighted by Gasteiger charge is 1.99. The summed E-state index contributed by atoms with van der Waals surface area (Å²) in [5.74, 6) is -0.367. The third-order valence-corrected chi connectivity index (χ3v) is 3.77. The second-order valence-corrected chi connectivity index (χ2v) is 5.71. The Kier molecular flexibility index (Phi) is 9.55. The Hall–Kier alpha value is -1.35. The van der Waals surface area contributed by atoms with E-state index in [1.54, 1.807) is 12.1 Å². The Morgan fingerprint density at radius 1 is 0.952 bits per heavy atom. The zero-order valence-corrected chi connectivity index (χ0v) is 13.4. The van der Waals surface area contributed by atoms with Gasteiger partial charge in [-0.15, -0.1) is 0 Å². The van der Waals surface area contributed by atoms with Crippen LogP contribution >= 0.6 is 0 Å². The summed E-state index contributed by atoms with van der Waals surface area (Å²) in [5.41, 5.74) is 6.98. The first-order valence-corrected chi connectivity index (χ1v) is 8.33. The third kappa shape index (κ3) is 8.51. The molecule has 0 heterocycles. The van der Waals surface area contributed by atoms with Crippen LogP contribution in [0.3, 0.4) is 0 Å². The van der Waals surface area contributed by atoms with Crippen molar-refractivity contribution in [2.45, 2.75) is 64.8 Å². The first-order valence-electron chi connectivity index (χ1n) is 8.33. The maximum Gasteiger partial charge on any atom is 0.248 e. The van der Waals surface area contributed by atoms with Crippen molar-refractivity contribution in [1.29, 1.82) is 0 Å². The van der Waals surface area contributed by atoms with Crippen molar-refractivity contribution in [3.05, 3.63) is 35.4 Å². The zero-order chi connectivity index (χ0) is 15.3. The Bertz CT molecular complexity index is 387. The van der Waals surface area contributed by atoms with E-state index < -0.39 is 0 Å². The van der Waals surface area contributed by atoms with E-state index >= 15 is 0 Å². The lowest BCUT2D eigenvalue weighted by atomic mass is 10.1. The van der Waals surface area contributed by atoms with Gasteiger partial charge in [0.2, 0.25) is 5.91 Å². The van der Waals surface area contributed by atoms with E-state index in [0.717, 1.165) is 13.1 Å². The first-order chi connectivity index (χ1) is 10.2. The maximum atomic E-state index is 11.0. The largest absolute Gasteiger partial charge is 0.366 e. The van der Waals surface area contributed by atoms with Gasteiger partial charge in [0.15, 0.2) is 0 Å². The fraction of sp³-hybridized carbons (Fsp3) is 0.611. The fourth-order valence-corrected chi connectivity index (χ4v) is 2.40. The van der Waals surface area contributed by atoms with Crippen LogP contribution in [0.1, 0.15) is 74.2 Å². The minimum Gasteiger partial charge on any atom is -0.366 e. The Labute approximate surface area is 129 Å². The number of carbonyl (C=O) groups is 1. The molecule has 0 aliphatic rings. The van der Waals surface area contributed by atoms with Crippen LogP contribution in [0, 0.1) is 0 Å². The second kappa shape index (κ2) is 11.3. The Morgan fingerprint density at radius 2 is 1.52 bits per heavy atom. The highest BCUT2D eigenvalue weighted by atomic mass is 16.1. The lowest BCUT2D eigenvalue weighted by Crippen LogP contribution is -2.15. The van der Waals surface area contributed by atoms with E-state index in [1.165, 1.54) is 56.9 Å². The molecule has 0 atom stereocenters. The van der Waals surface area contributed by atoms with E-state index in [-0.39, 0.29) is 5.91 Å². The molecule has 0 spiro atoms. The van der Waals surface area contributed by atoms with Crippen molar-refractivity contribution in [2.24, 2.45) is 5.73 Å². The minimum absolute atomic E-state index is 0.367. The molecule has 3 N–H and O–H groups in total. The van der Waals surface area contributed by atoms with Gasteiger partial charge in [-0.25, -0.2) is 0 Å². The summed E-state index contributed by atoms with van der Waals surface area (Å²) in [4.78, 5) is 11.0. The summed E-state index contributed by atoms with van der Waals surface area (Å²) in [7, 11) is 0. The Morgan fingerprint density at radius 3 is 2.10 bits per heavy atom. The van der Waals surface area contributed by atoms with Gasteiger partial charge >= 0.3 is 0 Å². The molecular weight excluding hydrogens is 260 g/mol. The van der Waals surface area contributed by atoms with E-state index in [4.69, 9.17) is 5.73 Å². The van der Waals surface area contributed by atoms with Gasteiger partial charge in [0.25, 0.3) is 0 Å². The summed E-state index contributed by atoms with van der Waals surface area (Å²) >= 11 is 0. The van der Waals surface area contributed by atoms with Crippen molar-refractivity contribution in [1.82, 2.24) is 5.32 Å². The molecule has 1 amide bonds. The first kappa shape index (κ1) is 17.7. The SMILES string of the molecule is CCCCCCCCCCNCc1ccc(C(N)=O)cc1. The molecule has 3 nitrogen and oxygen atoms in total. The average molecular weight is 290 g/mol. The number of rotatable bonds is 12. The molecule has 0 saturated heterocycles. The van der Waals surface area contributed by atoms with Crippen molar-refractivity contribution < 1.29 is 4.79 Å². The predicted molar refractivity (Wildman–Crippen MR) is 89.3 cm³/mol. The number of hydrogen-bond acceptors (Lipinski definition) is 2. The van der Waals surface area contributed by atoms with Gasteiger partial charge in [0, 0.05) is 12.1 Å². The minimum atomic E-state index is -0.367. The molecule has 118 valence electrons. The summed E-state index contributed by atoms with van der Waals surface area (Å²) in [5, 5.41) is 3.45. The van der Waals surface area contributed by atoms with Crippen LogP contribution in [0.2, 0.25) is 0 Å². The number of unbranched alkanes of at least 4 members (excludes halogenated alkanes) is 7. The fourth-order valence-electron chi connectivity index (χ4n) is 2.40. The number of benzene rings is 1. The van der Waals surface area contributed by atoms with Gasteiger partial charge in [-0.3, -0.25) is 4.79 Å². The van der Waals surface area contributed by atoms with Crippen molar-refractivity contribution in [3.8, 4) is 0 Å². The monoisotopic (exact) mass is 290 g/mol. The molecule has 21 heavy (non-hydrogen) atoms. The van der Waals surface area contributed by atoms with Gasteiger partial charge in [-0.2, -0.15) is 0 Å². The normalized spacial score (nSPS) is 10.7. The number of amides is 1. The topological polar surface area (TPSA) is 55.1 Å². The molecule has 0 radical (unpaired) electrons. The molecule has 0 aliphatic carbocycles. The molecule has 0 aliphatic heterocycles. The van der Waals surface area contributed by atoms with Crippen LogP contribution in [0.15, 0.2) is 24.3 Å². The molecular formula is C18H30N2O. The lowest BCUT2D eigenvalue weighted by Gasteiger charge is -2.06. The van der Waals surface area contributed by atoms with E-state index in [0.29, 0.717) is 5.56 Å². The average Bonchev–Trinajstić information content (AvgIpc) is 2.49. The Balaban J connectivity index is 1.98. The number of nitrogens with two attached hydrogens (primary N) is 1. The van der Waals surface area contributed by atoms with Gasteiger partial charge in [0.1, 0.15) is 0 Å². The molecule has 1 aromatic carbocycles. The van der Waals surface area contributed by atoms with Gasteiger partial charge in [-0.05, 0) is 30.7 Å². The van der Waals surface area contributed by atoms with Crippen LogP contribution in [0.25, 0.3) is 0 Å². The molecule has 0 fully saturated rings. The number of primary amides is 1. The van der Waals surface area contributed by atoms with Crippen molar-refractivity contribution in [3.63, 3.8) is 0 Å². The summed E-state index contributed by atoms with van der Waals surface area (Å²) < 4.78 is 0. The molecule has 3 heteroatoms. The lowest BCUT2D eigenvalue weighted by molar-refractivity contribution is 0.100. The maximum absolute atomic E-state index is 11.0. The standard InChI is InChI=1S/C18H30N2O/c1-2-3-4-5-6-7-8-9-14-20-15-16-10-12-17(13-11-16)18(19)21/h10-13,20H,2-9,14-15H2,1H3,(H2,19,21). The van der Waals surface area contributed by atoms with Gasteiger partial charge < -0.3 is 11.1 Å². The van der Waals surface area contributed by atoms with Gasteiger partial charge in [-0.1, -0.05) is 64.0 Å². The van der Waals surface area contributed by atoms with Crippen LogP contribution in [-0.4, -0.2) is 12.5 Å². The van der Waals surface area contributed by atoms with Crippen LogP contribution in [-0.2, 0) is 6.54 Å².